The standard InChI is InChI=1S/C23H30N6O3/c1-23(2,3)32-22(31)18(24)15-27-21(30)16-8-9-19-17(13-16)14-28-29(19)12-6-11-26-20-7-4-5-10-25-20/h4-5,7-10,13-14,18H,6,11-12,15,24H2,1-3H3,(H,25,26)(H,27,30). The lowest BCUT2D eigenvalue weighted by Crippen LogP contribution is -2.45. The van der Waals surface area contributed by atoms with Gasteiger partial charge in [0.2, 0.25) is 0 Å². The zero-order valence-corrected chi connectivity index (χ0v) is 18.7. The van der Waals surface area contributed by atoms with E-state index in [1.807, 2.05) is 28.9 Å². The van der Waals surface area contributed by atoms with Crippen LogP contribution in [0, 0.1) is 0 Å². The summed E-state index contributed by atoms with van der Waals surface area (Å²) in [5.74, 6) is -0.00912. The second-order valence-corrected chi connectivity index (χ2v) is 8.49. The normalized spacial score (nSPS) is 12.4. The Balaban J connectivity index is 1.52. The number of nitrogens with two attached hydrogens (primary N) is 1. The summed E-state index contributed by atoms with van der Waals surface area (Å²) >= 11 is 0. The molecule has 0 saturated heterocycles. The Morgan fingerprint density at radius 2 is 2.03 bits per heavy atom. The van der Waals surface area contributed by atoms with Crippen molar-refractivity contribution in [2.45, 2.75) is 45.4 Å². The van der Waals surface area contributed by atoms with E-state index in [1.54, 1.807) is 45.3 Å². The van der Waals surface area contributed by atoms with Crippen LogP contribution in [0.15, 0.2) is 48.8 Å². The summed E-state index contributed by atoms with van der Waals surface area (Å²) in [6.45, 7) is 6.80. The summed E-state index contributed by atoms with van der Waals surface area (Å²) in [7, 11) is 0. The molecule has 2 heterocycles. The van der Waals surface area contributed by atoms with Gasteiger partial charge in [0.05, 0.1) is 11.7 Å². The molecule has 0 saturated carbocycles. The molecule has 32 heavy (non-hydrogen) atoms. The van der Waals surface area contributed by atoms with Crippen molar-refractivity contribution in [1.82, 2.24) is 20.1 Å². The van der Waals surface area contributed by atoms with E-state index in [4.69, 9.17) is 10.5 Å². The number of esters is 1. The lowest BCUT2D eigenvalue weighted by Gasteiger charge is -2.22. The molecule has 0 spiro atoms. The van der Waals surface area contributed by atoms with Gasteiger partial charge in [-0.15, -0.1) is 0 Å². The van der Waals surface area contributed by atoms with Gasteiger partial charge in [0, 0.05) is 36.8 Å². The van der Waals surface area contributed by atoms with E-state index in [1.165, 1.54) is 0 Å². The molecular weight excluding hydrogens is 408 g/mol. The number of anilines is 1. The molecule has 0 aliphatic rings. The number of carbonyl (C=O) groups excluding carboxylic acids is 2. The van der Waals surface area contributed by atoms with Crippen LogP contribution in [0.1, 0.15) is 37.6 Å². The first kappa shape index (κ1) is 23.2. The number of fused-ring (bicyclic) bond motifs is 1. The quantitative estimate of drug-likeness (QED) is 0.346. The highest BCUT2D eigenvalue weighted by Gasteiger charge is 2.22. The number of aromatic nitrogens is 3. The lowest BCUT2D eigenvalue weighted by atomic mass is 10.1. The van der Waals surface area contributed by atoms with Crippen LogP contribution in [0.4, 0.5) is 5.82 Å². The smallest absolute Gasteiger partial charge is 0.325 e. The third-order valence-electron chi connectivity index (χ3n) is 4.61. The van der Waals surface area contributed by atoms with Crippen LogP contribution in [0.5, 0.6) is 0 Å². The Kier molecular flexibility index (Phi) is 7.42. The number of carbonyl (C=O) groups is 2. The van der Waals surface area contributed by atoms with Crippen molar-refractivity contribution in [3.05, 3.63) is 54.4 Å². The fourth-order valence-corrected chi connectivity index (χ4v) is 3.08. The van der Waals surface area contributed by atoms with Gasteiger partial charge in [-0.1, -0.05) is 6.07 Å². The van der Waals surface area contributed by atoms with E-state index in [0.717, 1.165) is 36.2 Å². The number of ether oxygens (including phenoxy) is 1. The molecule has 0 aliphatic heterocycles. The fraction of sp³-hybridized carbons (Fsp3) is 0.391. The monoisotopic (exact) mass is 438 g/mol. The van der Waals surface area contributed by atoms with Gasteiger partial charge in [-0.05, 0) is 57.5 Å². The van der Waals surface area contributed by atoms with Gasteiger partial charge in [0.15, 0.2) is 0 Å². The number of benzene rings is 1. The molecule has 4 N–H and O–H groups in total. The van der Waals surface area contributed by atoms with Crippen molar-refractivity contribution < 1.29 is 14.3 Å². The first-order valence-electron chi connectivity index (χ1n) is 10.6. The van der Waals surface area contributed by atoms with Crippen LogP contribution >= 0.6 is 0 Å². The van der Waals surface area contributed by atoms with Crippen molar-refractivity contribution in [3.8, 4) is 0 Å². The number of pyridine rings is 1. The topological polar surface area (TPSA) is 124 Å². The van der Waals surface area contributed by atoms with E-state index in [-0.39, 0.29) is 12.5 Å². The molecule has 1 unspecified atom stereocenters. The van der Waals surface area contributed by atoms with Gasteiger partial charge < -0.3 is 21.1 Å². The highest BCUT2D eigenvalue weighted by atomic mass is 16.6. The minimum Gasteiger partial charge on any atom is -0.459 e. The molecule has 170 valence electrons. The molecule has 1 amide bonds. The van der Waals surface area contributed by atoms with E-state index < -0.39 is 17.6 Å². The van der Waals surface area contributed by atoms with Gasteiger partial charge in [-0.25, -0.2) is 4.98 Å². The van der Waals surface area contributed by atoms with Crippen molar-refractivity contribution in [2.75, 3.05) is 18.4 Å². The fourth-order valence-electron chi connectivity index (χ4n) is 3.08. The van der Waals surface area contributed by atoms with Crippen molar-refractivity contribution in [2.24, 2.45) is 5.73 Å². The molecule has 3 aromatic rings. The minimum absolute atomic E-state index is 0.00564. The summed E-state index contributed by atoms with van der Waals surface area (Å²) in [6, 6.07) is 10.2. The second-order valence-electron chi connectivity index (χ2n) is 8.49. The Bertz CT molecular complexity index is 1060. The van der Waals surface area contributed by atoms with Gasteiger partial charge >= 0.3 is 5.97 Å². The van der Waals surface area contributed by atoms with Gasteiger partial charge in [0.1, 0.15) is 17.5 Å². The SMILES string of the molecule is CC(C)(C)OC(=O)C(N)CNC(=O)c1ccc2c(cnn2CCCNc2ccccn2)c1. The predicted molar refractivity (Wildman–Crippen MR) is 123 cm³/mol. The number of hydrogen-bond donors (Lipinski definition) is 3. The highest BCUT2D eigenvalue weighted by Crippen LogP contribution is 2.16. The third-order valence-corrected chi connectivity index (χ3v) is 4.61. The number of aryl methyl sites for hydroxylation is 1. The van der Waals surface area contributed by atoms with E-state index >= 15 is 0 Å². The van der Waals surface area contributed by atoms with Crippen LogP contribution < -0.4 is 16.4 Å². The first-order chi connectivity index (χ1) is 15.2. The Morgan fingerprint density at radius 3 is 2.75 bits per heavy atom. The summed E-state index contributed by atoms with van der Waals surface area (Å²) in [6.07, 6.45) is 4.37. The van der Waals surface area contributed by atoms with Crippen LogP contribution in [0.25, 0.3) is 10.9 Å². The van der Waals surface area contributed by atoms with Gasteiger partial charge in [0.25, 0.3) is 5.91 Å². The van der Waals surface area contributed by atoms with Gasteiger partial charge in [-0.3, -0.25) is 14.3 Å². The maximum atomic E-state index is 12.5. The lowest BCUT2D eigenvalue weighted by molar-refractivity contribution is -0.156. The highest BCUT2D eigenvalue weighted by molar-refractivity contribution is 5.98. The molecule has 1 atom stereocenters. The molecule has 0 radical (unpaired) electrons. The molecule has 9 nitrogen and oxygen atoms in total. The zero-order chi connectivity index (χ0) is 23.1. The summed E-state index contributed by atoms with van der Waals surface area (Å²) < 4.78 is 7.14. The van der Waals surface area contributed by atoms with E-state index in [2.05, 4.69) is 20.7 Å². The molecule has 3 rings (SSSR count). The molecule has 2 aromatic heterocycles. The number of nitrogens with one attached hydrogen (secondary N) is 2. The summed E-state index contributed by atoms with van der Waals surface area (Å²) in [5.41, 5.74) is 6.63. The van der Waals surface area contributed by atoms with Crippen molar-refractivity contribution in [1.29, 1.82) is 0 Å². The largest absolute Gasteiger partial charge is 0.459 e. The average Bonchev–Trinajstić information content (AvgIpc) is 3.16. The van der Waals surface area contributed by atoms with Gasteiger partial charge in [-0.2, -0.15) is 5.10 Å². The first-order valence-corrected chi connectivity index (χ1v) is 10.6. The summed E-state index contributed by atoms with van der Waals surface area (Å²) in [5, 5.41) is 11.3. The van der Waals surface area contributed by atoms with Crippen molar-refractivity contribution in [3.63, 3.8) is 0 Å². The van der Waals surface area contributed by atoms with Crippen molar-refractivity contribution >= 4 is 28.6 Å². The number of rotatable bonds is 9. The predicted octanol–water partition coefficient (Wildman–Crippen LogP) is 2.33. The average molecular weight is 439 g/mol. The van der Waals surface area contributed by atoms with Crippen LogP contribution in [-0.4, -0.2) is 51.4 Å². The Hall–Kier alpha value is -3.46. The minimum atomic E-state index is -0.927. The third kappa shape index (κ3) is 6.52. The molecule has 9 heteroatoms. The number of hydrogen-bond acceptors (Lipinski definition) is 7. The Labute approximate surface area is 187 Å². The molecule has 0 bridgehead atoms. The van der Waals surface area contributed by atoms with E-state index in [9.17, 15) is 9.59 Å². The number of amides is 1. The van der Waals surface area contributed by atoms with E-state index in [0.29, 0.717) is 5.56 Å². The van der Waals surface area contributed by atoms with Crippen LogP contribution in [0.3, 0.4) is 0 Å². The second kappa shape index (κ2) is 10.2. The number of nitrogens with zero attached hydrogens (tertiary/aromatic N) is 3. The maximum absolute atomic E-state index is 12.5. The summed E-state index contributed by atoms with van der Waals surface area (Å²) in [4.78, 5) is 28.7. The zero-order valence-electron chi connectivity index (χ0n) is 18.7. The maximum Gasteiger partial charge on any atom is 0.325 e. The van der Waals surface area contributed by atoms with Crippen LogP contribution in [0.2, 0.25) is 0 Å². The Morgan fingerprint density at radius 1 is 1.22 bits per heavy atom. The molecule has 1 aromatic carbocycles. The van der Waals surface area contributed by atoms with Crippen LogP contribution in [-0.2, 0) is 16.1 Å². The molecule has 0 fully saturated rings. The molecule has 0 aliphatic carbocycles. The molecular formula is C23H30N6O3.